The van der Waals surface area contributed by atoms with Gasteiger partial charge in [0.05, 0.1) is 12.0 Å². The molecule has 1 aromatic carbocycles. The molecule has 2 aliphatic heterocycles. The fourth-order valence-electron chi connectivity index (χ4n) is 4.07. The maximum absolute atomic E-state index is 13.0. The predicted octanol–water partition coefficient (Wildman–Crippen LogP) is 2.87. The summed E-state index contributed by atoms with van der Waals surface area (Å²) < 4.78 is 5.16. The zero-order valence-corrected chi connectivity index (χ0v) is 15.6. The van der Waals surface area contributed by atoms with Gasteiger partial charge in [0, 0.05) is 38.2 Å². The fraction of sp³-hybridized carbons (Fsp3) is 0.632. The third kappa shape index (κ3) is 3.79. The van der Waals surface area contributed by atoms with Crippen LogP contribution in [0.4, 0.5) is 0 Å². The Hall–Kier alpha value is -1.04. The number of nitrogens with zero attached hydrogens (tertiary/aromatic N) is 2. The van der Waals surface area contributed by atoms with Crippen molar-refractivity contribution in [3.05, 3.63) is 29.8 Å². The second-order valence-corrected chi connectivity index (χ2v) is 7.86. The van der Waals surface area contributed by atoms with Crippen molar-refractivity contribution in [2.45, 2.75) is 30.7 Å². The lowest BCUT2D eigenvalue weighted by molar-refractivity contribution is -0.146. The Balaban J connectivity index is 1.63. The van der Waals surface area contributed by atoms with Crippen LogP contribution in [-0.2, 0) is 16.1 Å². The molecule has 1 amide bonds. The Morgan fingerprint density at radius 3 is 2.96 bits per heavy atom. The highest BCUT2D eigenvalue weighted by Crippen LogP contribution is 2.40. The normalized spacial score (nSPS) is 24.9. The van der Waals surface area contributed by atoms with E-state index in [0.717, 1.165) is 52.0 Å². The Morgan fingerprint density at radius 2 is 2.17 bits per heavy atom. The van der Waals surface area contributed by atoms with Gasteiger partial charge in [-0.1, -0.05) is 12.1 Å². The second kappa shape index (κ2) is 7.89. The van der Waals surface area contributed by atoms with Crippen LogP contribution in [0.5, 0.6) is 0 Å². The molecule has 1 atom stereocenters. The number of amides is 1. The van der Waals surface area contributed by atoms with Crippen LogP contribution in [0.3, 0.4) is 0 Å². The first-order valence-electron chi connectivity index (χ1n) is 8.80. The summed E-state index contributed by atoms with van der Waals surface area (Å²) >= 11 is 1.78. The van der Waals surface area contributed by atoms with Gasteiger partial charge < -0.3 is 9.64 Å². The first-order chi connectivity index (χ1) is 11.7. The van der Waals surface area contributed by atoms with Crippen LogP contribution in [0, 0.1) is 5.41 Å². The number of carbonyl (C=O) groups is 1. The topological polar surface area (TPSA) is 32.8 Å². The van der Waals surface area contributed by atoms with Crippen LogP contribution in [-0.4, -0.2) is 61.9 Å². The number of hydrogen-bond donors (Lipinski definition) is 0. The summed E-state index contributed by atoms with van der Waals surface area (Å²) in [6, 6.07) is 8.74. The Morgan fingerprint density at radius 1 is 1.29 bits per heavy atom. The zero-order valence-electron chi connectivity index (χ0n) is 14.8. The van der Waals surface area contributed by atoms with Gasteiger partial charge in [0.25, 0.3) is 0 Å². The van der Waals surface area contributed by atoms with Crippen LogP contribution in [0.1, 0.15) is 24.8 Å². The molecule has 0 radical (unpaired) electrons. The van der Waals surface area contributed by atoms with Gasteiger partial charge in [-0.05, 0) is 49.8 Å². The number of likely N-dealkylation sites (tertiary alicyclic amines) is 2. The summed E-state index contributed by atoms with van der Waals surface area (Å²) in [5.74, 6) is 0.353. The lowest BCUT2D eigenvalue weighted by atomic mass is 9.78. The fourth-order valence-corrected chi connectivity index (χ4v) is 4.55. The van der Waals surface area contributed by atoms with Crippen LogP contribution in [0.25, 0.3) is 0 Å². The number of hydrogen-bond acceptors (Lipinski definition) is 4. The van der Waals surface area contributed by atoms with E-state index in [4.69, 9.17) is 4.74 Å². The summed E-state index contributed by atoms with van der Waals surface area (Å²) in [7, 11) is 1.70. The predicted molar refractivity (Wildman–Crippen MR) is 98.2 cm³/mol. The van der Waals surface area contributed by atoms with E-state index in [2.05, 4.69) is 35.4 Å². The number of ether oxygens (including phenoxy) is 1. The third-order valence-corrected chi connectivity index (χ3v) is 6.09. The van der Waals surface area contributed by atoms with E-state index in [9.17, 15) is 4.79 Å². The molecule has 0 saturated carbocycles. The van der Waals surface area contributed by atoms with Crippen LogP contribution in [0.15, 0.2) is 29.2 Å². The summed E-state index contributed by atoms with van der Waals surface area (Å²) in [5, 5.41) is 0. The molecule has 0 aromatic heterocycles. The standard InChI is InChI=1S/C19H28N2O2S/c1-23-12-11-21-9-4-7-19(18(21)22)8-10-20(15-19)14-16-5-3-6-17(13-16)24-2/h3,5-6,13H,4,7-12,14-15H2,1-2H3. The van der Waals surface area contributed by atoms with Gasteiger partial charge >= 0.3 is 0 Å². The molecule has 4 nitrogen and oxygen atoms in total. The van der Waals surface area contributed by atoms with Gasteiger partial charge in [0.2, 0.25) is 5.91 Å². The number of piperidine rings is 1. The molecule has 1 spiro atoms. The highest BCUT2D eigenvalue weighted by molar-refractivity contribution is 7.98. The number of methoxy groups -OCH3 is 1. The third-order valence-electron chi connectivity index (χ3n) is 5.36. The summed E-state index contributed by atoms with van der Waals surface area (Å²) in [5.41, 5.74) is 1.20. The molecular weight excluding hydrogens is 320 g/mol. The van der Waals surface area contributed by atoms with Crippen molar-refractivity contribution >= 4 is 17.7 Å². The van der Waals surface area contributed by atoms with Crippen LogP contribution >= 0.6 is 11.8 Å². The minimum atomic E-state index is -0.150. The molecule has 1 unspecified atom stereocenters. The van der Waals surface area contributed by atoms with Crippen molar-refractivity contribution in [3.63, 3.8) is 0 Å². The van der Waals surface area contributed by atoms with Gasteiger partial charge in [-0.2, -0.15) is 0 Å². The van der Waals surface area contributed by atoms with Crippen molar-refractivity contribution in [2.24, 2.45) is 5.41 Å². The van der Waals surface area contributed by atoms with E-state index in [1.165, 1.54) is 10.5 Å². The average Bonchev–Trinajstić information content (AvgIpc) is 3.00. The molecule has 3 rings (SSSR count). The molecule has 2 heterocycles. The van der Waals surface area contributed by atoms with E-state index in [1.54, 1.807) is 18.9 Å². The van der Waals surface area contributed by atoms with Crippen LogP contribution in [0.2, 0.25) is 0 Å². The molecule has 5 heteroatoms. The van der Waals surface area contributed by atoms with Crippen LogP contribution < -0.4 is 0 Å². The molecule has 0 N–H and O–H groups in total. The number of thioether (sulfide) groups is 1. The Kier molecular flexibility index (Phi) is 5.85. The smallest absolute Gasteiger partial charge is 0.230 e. The van der Waals surface area contributed by atoms with Gasteiger partial charge in [-0.15, -0.1) is 11.8 Å². The van der Waals surface area contributed by atoms with E-state index >= 15 is 0 Å². The zero-order chi connectivity index (χ0) is 17.0. The average molecular weight is 349 g/mol. The second-order valence-electron chi connectivity index (χ2n) is 6.98. The maximum atomic E-state index is 13.0. The van der Waals surface area contributed by atoms with Crippen molar-refractivity contribution in [3.8, 4) is 0 Å². The van der Waals surface area contributed by atoms with Gasteiger partial charge in [0.15, 0.2) is 0 Å². The Bertz CT molecular complexity index is 580. The minimum Gasteiger partial charge on any atom is -0.383 e. The lowest BCUT2D eigenvalue weighted by Gasteiger charge is -2.39. The number of benzene rings is 1. The molecule has 1 aromatic rings. The molecule has 2 aliphatic rings. The summed E-state index contributed by atoms with van der Waals surface area (Å²) in [6.45, 7) is 5.12. The Labute approximate surface area is 149 Å². The largest absolute Gasteiger partial charge is 0.383 e. The quantitative estimate of drug-likeness (QED) is 0.740. The first kappa shape index (κ1) is 17.8. The highest BCUT2D eigenvalue weighted by atomic mass is 32.2. The first-order valence-corrected chi connectivity index (χ1v) is 10.0. The molecule has 0 bridgehead atoms. The van der Waals surface area contributed by atoms with Crippen molar-refractivity contribution in [1.29, 1.82) is 0 Å². The van der Waals surface area contributed by atoms with E-state index in [0.29, 0.717) is 12.5 Å². The molecule has 0 aliphatic carbocycles. The molecule has 132 valence electrons. The highest BCUT2D eigenvalue weighted by Gasteiger charge is 2.47. The van der Waals surface area contributed by atoms with Crippen molar-refractivity contribution in [2.75, 3.05) is 46.2 Å². The number of rotatable bonds is 6. The maximum Gasteiger partial charge on any atom is 0.230 e. The monoisotopic (exact) mass is 348 g/mol. The summed E-state index contributed by atoms with van der Waals surface area (Å²) in [4.78, 5) is 18.8. The molecular formula is C19H28N2O2S. The van der Waals surface area contributed by atoms with Gasteiger partial charge in [-0.25, -0.2) is 0 Å². The molecule has 2 fully saturated rings. The van der Waals surface area contributed by atoms with Crippen molar-refractivity contribution < 1.29 is 9.53 Å². The minimum absolute atomic E-state index is 0.150. The summed E-state index contributed by atoms with van der Waals surface area (Å²) in [6.07, 6.45) is 5.26. The van der Waals surface area contributed by atoms with Crippen molar-refractivity contribution in [1.82, 2.24) is 9.80 Å². The SMILES string of the molecule is COCCN1CCCC2(CCN(Cc3cccc(SC)c3)C2)C1=O. The van der Waals surface area contributed by atoms with Gasteiger partial charge in [0.1, 0.15) is 0 Å². The molecule has 24 heavy (non-hydrogen) atoms. The number of carbonyl (C=O) groups excluding carboxylic acids is 1. The molecule has 2 saturated heterocycles. The van der Waals surface area contributed by atoms with E-state index < -0.39 is 0 Å². The van der Waals surface area contributed by atoms with Gasteiger partial charge in [-0.3, -0.25) is 9.69 Å². The lowest BCUT2D eigenvalue weighted by Crippen LogP contribution is -2.50. The van der Waals surface area contributed by atoms with E-state index in [1.807, 2.05) is 4.90 Å². The van der Waals surface area contributed by atoms with E-state index in [-0.39, 0.29) is 5.41 Å².